The topological polar surface area (TPSA) is 88.4 Å². The molecule has 0 bridgehead atoms. The molecule has 158 valence electrons. The van der Waals surface area contributed by atoms with Crippen LogP contribution in [0.3, 0.4) is 0 Å². The third-order valence-corrected chi connectivity index (χ3v) is 5.28. The summed E-state index contributed by atoms with van der Waals surface area (Å²) < 4.78 is 11.5. The number of nitrogens with zero attached hydrogens (tertiary/aromatic N) is 2. The van der Waals surface area contributed by atoms with Crippen molar-refractivity contribution in [2.24, 2.45) is 4.99 Å². The summed E-state index contributed by atoms with van der Waals surface area (Å²) in [6.07, 6.45) is 1.78. The minimum absolute atomic E-state index is 0.00378. The summed E-state index contributed by atoms with van der Waals surface area (Å²) in [5, 5.41) is 9.56. The molecule has 0 atom stereocenters. The molecule has 7 nitrogen and oxygen atoms in total. The van der Waals surface area contributed by atoms with E-state index in [2.05, 4.69) is 20.9 Å². The molecule has 0 unspecified atom stereocenters. The predicted molar refractivity (Wildman–Crippen MR) is 119 cm³/mol. The van der Waals surface area contributed by atoms with Gasteiger partial charge in [-0.15, -0.1) is 0 Å². The van der Waals surface area contributed by atoms with Crippen LogP contribution in [0.25, 0.3) is 6.08 Å². The Labute approximate surface area is 183 Å². The molecule has 1 aliphatic rings. The van der Waals surface area contributed by atoms with E-state index >= 15 is 0 Å². The zero-order chi connectivity index (χ0) is 21.7. The molecule has 1 aliphatic heterocycles. The lowest BCUT2D eigenvalue weighted by Gasteiger charge is -2.20. The highest BCUT2D eigenvalue weighted by atomic mass is 79.9. The molecule has 1 fully saturated rings. The molecule has 1 heterocycles. The van der Waals surface area contributed by atoms with Crippen LogP contribution in [0.4, 0.5) is 0 Å². The molecule has 0 aromatic heterocycles. The fourth-order valence-electron chi connectivity index (χ4n) is 2.61. The van der Waals surface area contributed by atoms with Crippen LogP contribution >= 0.6 is 27.7 Å². The average molecular weight is 485 g/mol. The molecule has 0 aliphatic carbocycles. The molecular formula is C20H25BrN2O5S. The first kappa shape index (κ1) is 23.3. The van der Waals surface area contributed by atoms with Crippen LogP contribution < -0.4 is 9.47 Å². The van der Waals surface area contributed by atoms with Gasteiger partial charge in [-0.25, -0.2) is 4.79 Å². The quantitative estimate of drug-likeness (QED) is 0.550. The molecule has 2 rings (SSSR count). The van der Waals surface area contributed by atoms with Crippen LogP contribution in [-0.2, 0) is 9.59 Å². The standard InChI is InChI=1S/C20H25BrN2O5S/c1-6-27-15-8-13(7-14(21)18(15)28-10-17(24)25)9-16-19(26)23(12(4)5)20(29-16)22-11(2)3/h7-9,11-12H,6,10H2,1-5H3,(H,24,25)/b16-9+,22-20?. The number of carboxylic acids is 1. The molecule has 0 saturated carbocycles. The Morgan fingerprint density at radius 2 is 2.00 bits per heavy atom. The van der Waals surface area contributed by atoms with E-state index in [0.717, 1.165) is 5.56 Å². The average Bonchev–Trinajstić information content (AvgIpc) is 2.88. The normalized spacial score (nSPS) is 17.1. The number of aliphatic carboxylic acids is 1. The van der Waals surface area contributed by atoms with Gasteiger partial charge in [-0.2, -0.15) is 0 Å². The van der Waals surface area contributed by atoms with Gasteiger partial charge in [0.1, 0.15) is 0 Å². The zero-order valence-electron chi connectivity index (χ0n) is 17.1. The molecule has 1 aromatic rings. The largest absolute Gasteiger partial charge is 0.490 e. The first-order valence-electron chi connectivity index (χ1n) is 9.25. The Kier molecular flexibility index (Phi) is 8.15. The number of ether oxygens (including phenoxy) is 2. The van der Waals surface area contributed by atoms with Crippen LogP contribution in [0.1, 0.15) is 40.2 Å². The molecule has 9 heteroatoms. The lowest BCUT2D eigenvalue weighted by molar-refractivity contribution is -0.139. The van der Waals surface area contributed by atoms with Crippen molar-refractivity contribution in [1.82, 2.24) is 4.90 Å². The summed E-state index contributed by atoms with van der Waals surface area (Å²) in [5.74, 6) is -0.455. The number of rotatable bonds is 8. The van der Waals surface area contributed by atoms with E-state index in [1.165, 1.54) is 11.8 Å². The Morgan fingerprint density at radius 3 is 2.55 bits per heavy atom. The maximum atomic E-state index is 12.9. The van der Waals surface area contributed by atoms with Gasteiger partial charge >= 0.3 is 5.97 Å². The van der Waals surface area contributed by atoms with Crippen molar-refractivity contribution in [3.8, 4) is 11.5 Å². The Hall–Kier alpha value is -2.00. The monoisotopic (exact) mass is 484 g/mol. The van der Waals surface area contributed by atoms with Gasteiger partial charge in [0.15, 0.2) is 23.3 Å². The highest BCUT2D eigenvalue weighted by Crippen LogP contribution is 2.39. The molecule has 1 N–H and O–H groups in total. The fourth-order valence-corrected chi connectivity index (χ4v) is 4.42. The summed E-state index contributed by atoms with van der Waals surface area (Å²) >= 11 is 4.75. The van der Waals surface area contributed by atoms with Crippen LogP contribution in [0, 0.1) is 0 Å². The van der Waals surface area contributed by atoms with Gasteiger partial charge in [0.2, 0.25) is 0 Å². The highest BCUT2D eigenvalue weighted by molar-refractivity contribution is 9.10. The van der Waals surface area contributed by atoms with Gasteiger partial charge in [-0.1, -0.05) is 0 Å². The fraction of sp³-hybridized carbons (Fsp3) is 0.450. The maximum absolute atomic E-state index is 12.9. The lowest BCUT2D eigenvalue weighted by atomic mass is 10.1. The summed E-state index contributed by atoms with van der Waals surface area (Å²) in [6.45, 7) is 9.58. The molecule has 1 saturated heterocycles. The van der Waals surface area contributed by atoms with Crippen molar-refractivity contribution < 1.29 is 24.2 Å². The summed E-state index contributed by atoms with van der Waals surface area (Å²) in [5.41, 5.74) is 0.730. The number of carbonyl (C=O) groups is 2. The Morgan fingerprint density at radius 1 is 1.31 bits per heavy atom. The van der Waals surface area contributed by atoms with Gasteiger partial charge in [0, 0.05) is 12.1 Å². The zero-order valence-corrected chi connectivity index (χ0v) is 19.5. The molecule has 1 amide bonds. The van der Waals surface area contributed by atoms with E-state index in [-0.39, 0.29) is 18.0 Å². The highest BCUT2D eigenvalue weighted by Gasteiger charge is 2.35. The van der Waals surface area contributed by atoms with Crippen molar-refractivity contribution in [1.29, 1.82) is 0 Å². The maximum Gasteiger partial charge on any atom is 0.341 e. The molecule has 1 aromatic carbocycles. The Bertz CT molecular complexity index is 852. The van der Waals surface area contributed by atoms with E-state index in [9.17, 15) is 9.59 Å². The van der Waals surface area contributed by atoms with Crippen LogP contribution in [0.2, 0.25) is 0 Å². The molecular weight excluding hydrogens is 460 g/mol. The van der Waals surface area contributed by atoms with Crippen LogP contribution in [0.15, 0.2) is 26.5 Å². The Balaban J connectivity index is 2.42. The van der Waals surface area contributed by atoms with E-state index in [0.29, 0.717) is 32.7 Å². The predicted octanol–water partition coefficient (Wildman–Crippen LogP) is 4.40. The van der Waals surface area contributed by atoms with E-state index in [1.807, 2.05) is 34.6 Å². The number of carboxylic acid groups (broad SMARTS) is 1. The summed E-state index contributed by atoms with van der Waals surface area (Å²) in [4.78, 5) is 30.6. The second kappa shape index (κ2) is 10.2. The number of halogens is 1. The summed E-state index contributed by atoms with van der Waals surface area (Å²) in [6, 6.07) is 3.56. The van der Waals surface area contributed by atoms with Gasteiger partial charge in [-0.3, -0.25) is 14.7 Å². The van der Waals surface area contributed by atoms with Gasteiger partial charge in [0.05, 0.1) is 16.0 Å². The number of hydrogen-bond acceptors (Lipinski definition) is 6. The van der Waals surface area contributed by atoms with Crippen LogP contribution in [-0.4, -0.2) is 52.3 Å². The van der Waals surface area contributed by atoms with Crippen molar-refractivity contribution >= 4 is 50.8 Å². The third-order valence-electron chi connectivity index (χ3n) is 3.69. The number of amides is 1. The second-order valence-electron chi connectivity index (χ2n) is 6.83. The second-order valence-corrected chi connectivity index (χ2v) is 8.69. The van der Waals surface area contributed by atoms with Crippen molar-refractivity contribution in [2.75, 3.05) is 13.2 Å². The minimum atomic E-state index is -1.08. The summed E-state index contributed by atoms with van der Waals surface area (Å²) in [7, 11) is 0. The van der Waals surface area contributed by atoms with Crippen molar-refractivity contribution in [3.63, 3.8) is 0 Å². The van der Waals surface area contributed by atoms with Crippen molar-refractivity contribution in [3.05, 3.63) is 27.1 Å². The smallest absolute Gasteiger partial charge is 0.341 e. The number of hydrogen-bond donors (Lipinski definition) is 1. The van der Waals surface area contributed by atoms with Crippen molar-refractivity contribution in [2.45, 2.75) is 46.7 Å². The SMILES string of the molecule is CCOc1cc(/C=C2/SC(=NC(C)C)N(C(C)C)C2=O)cc(Br)c1OCC(=O)O. The van der Waals surface area contributed by atoms with Gasteiger partial charge in [-0.05, 0) is 86.1 Å². The van der Waals surface area contributed by atoms with E-state index in [1.54, 1.807) is 23.1 Å². The molecule has 29 heavy (non-hydrogen) atoms. The number of thioether (sulfide) groups is 1. The lowest BCUT2D eigenvalue weighted by Crippen LogP contribution is -2.35. The first-order valence-corrected chi connectivity index (χ1v) is 10.9. The first-order chi connectivity index (χ1) is 13.6. The van der Waals surface area contributed by atoms with Gasteiger partial charge in [0.25, 0.3) is 5.91 Å². The third kappa shape index (κ3) is 5.99. The van der Waals surface area contributed by atoms with E-state index in [4.69, 9.17) is 14.6 Å². The number of carbonyl (C=O) groups excluding carboxylic acids is 1. The minimum Gasteiger partial charge on any atom is -0.490 e. The van der Waals surface area contributed by atoms with Crippen LogP contribution in [0.5, 0.6) is 11.5 Å². The van der Waals surface area contributed by atoms with E-state index < -0.39 is 12.6 Å². The number of aliphatic imine (C=N–C) groups is 1. The molecule has 0 radical (unpaired) electrons. The van der Waals surface area contributed by atoms with Gasteiger partial charge < -0.3 is 14.6 Å². The number of amidine groups is 1. The number of benzene rings is 1. The molecule has 0 spiro atoms.